The van der Waals surface area contributed by atoms with Gasteiger partial charge in [0.1, 0.15) is 5.82 Å². The molecule has 1 heterocycles. The van der Waals surface area contributed by atoms with Crippen molar-refractivity contribution in [2.24, 2.45) is 0 Å². The number of hydrogen-bond donors (Lipinski definition) is 1. The van der Waals surface area contributed by atoms with Gasteiger partial charge in [0.05, 0.1) is 0 Å². The summed E-state index contributed by atoms with van der Waals surface area (Å²) in [5.41, 5.74) is 2.14. The van der Waals surface area contributed by atoms with E-state index in [2.05, 4.69) is 5.32 Å². The molecule has 86 valence electrons. The molecular formula is C13H15ClFN. The molecule has 1 saturated heterocycles. The maximum Gasteiger partial charge on any atom is 0.123 e. The molecule has 0 aliphatic carbocycles. The Morgan fingerprint density at radius 1 is 1.25 bits per heavy atom. The molecule has 2 rings (SSSR count). The Labute approximate surface area is 100 Å². The van der Waals surface area contributed by atoms with Gasteiger partial charge in [0.25, 0.3) is 0 Å². The Balaban J connectivity index is 2.22. The van der Waals surface area contributed by atoms with E-state index in [1.165, 1.54) is 17.7 Å². The molecule has 1 aliphatic heterocycles. The molecule has 0 amide bonds. The van der Waals surface area contributed by atoms with Crippen molar-refractivity contribution in [3.63, 3.8) is 0 Å². The summed E-state index contributed by atoms with van der Waals surface area (Å²) in [7, 11) is 0. The quantitative estimate of drug-likeness (QED) is 0.789. The number of nitrogens with one attached hydrogen (secondary N) is 1. The first-order valence-electron chi connectivity index (χ1n) is 5.61. The second kappa shape index (κ2) is 5.46. The zero-order valence-electron chi connectivity index (χ0n) is 9.10. The van der Waals surface area contributed by atoms with E-state index in [9.17, 15) is 4.39 Å². The molecule has 1 aromatic rings. The van der Waals surface area contributed by atoms with Crippen molar-refractivity contribution in [3.05, 3.63) is 40.2 Å². The van der Waals surface area contributed by atoms with E-state index in [0.29, 0.717) is 5.02 Å². The third-order valence-electron chi connectivity index (χ3n) is 2.79. The maximum atomic E-state index is 13.1. The summed E-state index contributed by atoms with van der Waals surface area (Å²) in [6.45, 7) is 2.06. The third-order valence-corrected chi connectivity index (χ3v) is 3.14. The highest BCUT2D eigenvalue weighted by Crippen LogP contribution is 2.23. The van der Waals surface area contributed by atoms with E-state index in [0.717, 1.165) is 37.9 Å². The predicted octanol–water partition coefficient (Wildman–Crippen LogP) is 3.64. The molecule has 0 unspecified atom stereocenters. The van der Waals surface area contributed by atoms with Crippen LogP contribution in [0.4, 0.5) is 4.39 Å². The summed E-state index contributed by atoms with van der Waals surface area (Å²) in [6.07, 6.45) is 5.25. The van der Waals surface area contributed by atoms with Crippen LogP contribution in [0.3, 0.4) is 0 Å². The predicted molar refractivity (Wildman–Crippen MR) is 66.1 cm³/mol. The summed E-state index contributed by atoms with van der Waals surface area (Å²) in [5.74, 6) is -0.233. The molecule has 1 nitrogen and oxygen atoms in total. The van der Waals surface area contributed by atoms with Crippen LogP contribution in [0.2, 0.25) is 5.02 Å². The first-order valence-corrected chi connectivity index (χ1v) is 5.99. The Bertz CT molecular complexity index is 391. The highest BCUT2D eigenvalue weighted by Gasteiger charge is 2.05. The standard InChI is InChI=1S/C13H15ClFN/c14-13-4-3-12(15)9-11(13)8-10-2-1-6-16-7-5-10/h3-4,8-9,16H,1-2,5-7H2/b10-8-. The first kappa shape index (κ1) is 11.6. The molecule has 0 bridgehead atoms. The van der Waals surface area contributed by atoms with E-state index in [4.69, 9.17) is 11.6 Å². The minimum atomic E-state index is -0.233. The Kier molecular flexibility index (Phi) is 3.97. The van der Waals surface area contributed by atoms with Gasteiger partial charge < -0.3 is 5.32 Å². The van der Waals surface area contributed by atoms with Crippen LogP contribution in [-0.2, 0) is 0 Å². The van der Waals surface area contributed by atoms with Crippen molar-refractivity contribution in [1.82, 2.24) is 5.32 Å². The zero-order chi connectivity index (χ0) is 11.4. The Morgan fingerprint density at radius 2 is 2.12 bits per heavy atom. The average Bonchev–Trinajstić information content (AvgIpc) is 2.52. The minimum Gasteiger partial charge on any atom is -0.316 e. The molecule has 0 spiro atoms. The van der Waals surface area contributed by atoms with Crippen LogP contribution in [0.1, 0.15) is 24.8 Å². The maximum absolute atomic E-state index is 13.1. The molecule has 1 N–H and O–H groups in total. The highest BCUT2D eigenvalue weighted by atomic mass is 35.5. The molecule has 3 heteroatoms. The molecular weight excluding hydrogens is 225 g/mol. The third kappa shape index (κ3) is 3.06. The van der Waals surface area contributed by atoms with Crippen molar-refractivity contribution in [1.29, 1.82) is 0 Å². The van der Waals surface area contributed by atoms with Crippen LogP contribution >= 0.6 is 11.6 Å². The summed E-state index contributed by atoms with van der Waals surface area (Å²) < 4.78 is 13.1. The summed E-state index contributed by atoms with van der Waals surface area (Å²) >= 11 is 6.03. The van der Waals surface area contributed by atoms with Gasteiger partial charge in [0, 0.05) is 5.02 Å². The largest absolute Gasteiger partial charge is 0.316 e. The zero-order valence-corrected chi connectivity index (χ0v) is 9.86. The highest BCUT2D eigenvalue weighted by molar-refractivity contribution is 6.32. The number of rotatable bonds is 1. The van der Waals surface area contributed by atoms with E-state index >= 15 is 0 Å². The first-order chi connectivity index (χ1) is 7.75. The fraction of sp³-hybridized carbons (Fsp3) is 0.385. The van der Waals surface area contributed by atoms with Gasteiger partial charge in [-0.05, 0) is 56.1 Å². The van der Waals surface area contributed by atoms with Crippen LogP contribution < -0.4 is 5.32 Å². The minimum absolute atomic E-state index is 0.233. The van der Waals surface area contributed by atoms with Crippen LogP contribution in [0.25, 0.3) is 6.08 Å². The Hall–Kier alpha value is -0.860. The summed E-state index contributed by atoms with van der Waals surface area (Å²) in [6, 6.07) is 4.49. The fourth-order valence-electron chi connectivity index (χ4n) is 1.93. The van der Waals surface area contributed by atoms with Gasteiger partial charge in [0.2, 0.25) is 0 Å². The van der Waals surface area contributed by atoms with Crippen LogP contribution in [0, 0.1) is 5.82 Å². The van der Waals surface area contributed by atoms with Gasteiger partial charge in [-0.2, -0.15) is 0 Å². The summed E-state index contributed by atoms with van der Waals surface area (Å²) in [4.78, 5) is 0. The van der Waals surface area contributed by atoms with Crippen LogP contribution in [0.5, 0.6) is 0 Å². The van der Waals surface area contributed by atoms with Gasteiger partial charge in [-0.1, -0.05) is 23.3 Å². The van der Waals surface area contributed by atoms with E-state index in [-0.39, 0.29) is 5.82 Å². The van der Waals surface area contributed by atoms with E-state index in [1.807, 2.05) is 6.08 Å². The number of hydrogen-bond acceptors (Lipinski definition) is 1. The summed E-state index contributed by atoms with van der Waals surface area (Å²) in [5, 5.41) is 3.96. The molecule has 1 aliphatic rings. The lowest BCUT2D eigenvalue weighted by Crippen LogP contribution is -2.13. The average molecular weight is 240 g/mol. The molecule has 0 atom stereocenters. The van der Waals surface area contributed by atoms with Crippen LogP contribution in [-0.4, -0.2) is 13.1 Å². The molecule has 0 saturated carbocycles. The fourth-order valence-corrected chi connectivity index (χ4v) is 2.10. The van der Waals surface area contributed by atoms with Crippen molar-refractivity contribution in [2.75, 3.05) is 13.1 Å². The number of halogens is 2. The van der Waals surface area contributed by atoms with E-state index in [1.54, 1.807) is 6.07 Å². The second-order valence-electron chi connectivity index (χ2n) is 4.07. The molecule has 16 heavy (non-hydrogen) atoms. The molecule has 1 fully saturated rings. The van der Waals surface area contributed by atoms with Gasteiger partial charge >= 0.3 is 0 Å². The second-order valence-corrected chi connectivity index (χ2v) is 4.48. The topological polar surface area (TPSA) is 12.0 Å². The van der Waals surface area contributed by atoms with Gasteiger partial charge in [-0.3, -0.25) is 0 Å². The molecule has 0 aromatic heterocycles. The molecule has 1 aromatic carbocycles. The lowest BCUT2D eigenvalue weighted by Gasteiger charge is -2.04. The van der Waals surface area contributed by atoms with Crippen LogP contribution in [0.15, 0.2) is 23.8 Å². The number of benzene rings is 1. The normalized spacial score (nSPS) is 19.8. The van der Waals surface area contributed by atoms with Crippen molar-refractivity contribution >= 4 is 17.7 Å². The monoisotopic (exact) mass is 239 g/mol. The lowest BCUT2D eigenvalue weighted by atomic mass is 10.0. The van der Waals surface area contributed by atoms with Gasteiger partial charge in [-0.15, -0.1) is 0 Å². The van der Waals surface area contributed by atoms with Crippen molar-refractivity contribution in [2.45, 2.75) is 19.3 Å². The van der Waals surface area contributed by atoms with Crippen molar-refractivity contribution in [3.8, 4) is 0 Å². The Morgan fingerprint density at radius 3 is 3.00 bits per heavy atom. The van der Waals surface area contributed by atoms with Gasteiger partial charge in [0.15, 0.2) is 0 Å². The molecule has 0 radical (unpaired) electrons. The van der Waals surface area contributed by atoms with E-state index < -0.39 is 0 Å². The smallest absolute Gasteiger partial charge is 0.123 e. The lowest BCUT2D eigenvalue weighted by molar-refractivity contribution is 0.627. The van der Waals surface area contributed by atoms with Crippen molar-refractivity contribution < 1.29 is 4.39 Å². The SMILES string of the molecule is Fc1ccc(Cl)c(/C=C2/CCCNCC2)c1. The van der Waals surface area contributed by atoms with Gasteiger partial charge in [-0.25, -0.2) is 4.39 Å².